The number of hydrogen-bond acceptors (Lipinski definition) is 2. The van der Waals surface area contributed by atoms with Crippen molar-refractivity contribution >= 4 is 11.8 Å². The first-order chi connectivity index (χ1) is 9.82. The molecule has 0 saturated heterocycles. The highest BCUT2D eigenvalue weighted by Gasteiger charge is 2.35. The van der Waals surface area contributed by atoms with Gasteiger partial charge in [-0.25, -0.2) is 0 Å². The zero-order valence-corrected chi connectivity index (χ0v) is 10.8. The number of halogens is 6. The average molecular weight is 328 g/mol. The molecule has 1 aromatic rings. The summed E-state index contributed by atoms with van der Waals surface area (Å²) in [7, 11) is 0. The summed E-state index contributed by atoms with van der Waals surface area (Å²) >= 11 is 0. The van der Waals surface area contributed by atoms with E-state index in [1.807, 2.05) is 0 Å². The topological polar surface area (TPSA) is 86.2 Å². The van der Waals surface area contributed by atoms with Crippen LogP contribution >= 0.6 is 0 Å². The van der Waals surface area contributed by atoms with E-state index >= 15 is 0 Å². The van der Waals surface area contributed by atoms with Crippen LogP contribution in [0.4, 0.5) is 26.3 Å². The molecule has 10 heteroatoms. The van der Waals surface area contributed by atoms with Crippen LogP contribution in [-0.4, -0.2) is 24.2 Å². The van der Waals surface area contributed by atoms with E-state index < -0.39 is 59.3 Å². The van der Waals surface area contributed by atoms with Gasteiger partial charge >= 0.3 is 12.4 Å². The minimum absolute atomic E-state index is 0.697. The Hall–Kier alpha value is -2.26. The number of alkyl halides is 6. The van der Waals surface area contributed by atoms with Gasteiger partial charge in [0.2, 0.25) is 11.8 Å². The normalized spacial score (nSPS) is 12.3. The zero-order valence-electron chi connectivity index (χ0n) is 10.8. The highest BCUT2D eigenvalue weighted by atomic mass is 19.4. The monoisotopic (exact) mass is 328 g/mol. The van der Waals surface area contributed by atoms with E-state index in [0.29, 0.717) is 6.07 Å². The zero-order chi connectivity index (χ0) is 17.3. The Morgan fingerprint density at radius 3 is 1.73 bits per heavy atom. The Labute approximate surface area is 120 Å². The van der Waals surface area contributed by atoms with E-state index in [-0.39, 0.29) is 0 Å². The van der Waals surface area contributed by atoms with Crippen molar-refractivity contribution in [2.24, 2.45) is 11.5 Å². The van der Waals surface area contributed by atoms with Crippen LogP contribution in [-0.2, 0) is 12.8 Å². The smallest absolute Gasteiger partial charge is 0.366 e. The molecule has 0 bridgehead atoms. The molecular weight excluding hydrogens is 318 g/mol. The maximum absolute atomic E-state index is 12.6. The van der Waals surface area contributed by atoms with Crippen LogP contribution in [0.3, 0.4) is 0 Å². The van der Waals surface area contributed by atoms with Crippen molar-refractivity contribution in [1.82, 2.24) is 0 Å². The molecule has 0 unspecified atom stereocenters. The summed E-state index contributed by atoms with van der Waals surface area (Å²) in [6.45, 7) is 0. The van der Waals surface area contributed by atoms with Crippen LogP contribution in [0.25, 0.3) is 0 Å². The molecule has 4 nitrogen and oxygen atoms in total. The molecule has 4 N–H and O–H groups in total. The van der Waals surface area contributed by atoms with Crippen LogP contribution in [0, 0.1) is 0 Å². The van der Waals surface area contributed by atoms with Gasteiger partial charge in [-0.2, -0.15) is 26.3 Å². The highest BCUT2D eigenvalue weighted by molar-refractivity contribution is 6.02. The van der Waals surface area contributed by atoms with Gasteiger partial charge in [0.05, 0.1) is 12.8 Å². The number of carbonyl (C=O) groups excluding carboxylic acids is 2. The first-order valence-electron chi connectivity index (χ1n) is 5.69. The van der Waals surface area contributed by atoms with Gasteiger partial charge in [0.1, 0.15) is 0 Å². The van der Waals surface area contributed by atoms with E-state index in [1.54, 1.807) is 0 Å². The third kappa shape index (κ3) is 4.64. The lowest BCUT2D eigenvalue weighted by Crippen LogP contribution is -2.27. The Morgan fingerprint density at radius 2 is 1.36 bits per heavy atom. The molecule has 0 heterocycles. The predicted molar refractivity (Wildman–Crippen MR) is 63.0 cm³/mol. The third-order valence-corrected chi connectivity index (χ3v) is 2.68. The fourth-order valence-electron chi connectivity index (χ4n) is 1.98. The molecule has 2 amide bonds. The van der Waals surface area contributed by atoms with Gasteiger partial charge in [-0.15, -0.1) is 0 Å². The molecule has 1 rings (SSSR count). The van der Waals surface area contributed by atoms with E-state index in [1.165, 1.54) is 0 Å². The molecule has 0 aliphatic heterocycles. The van der Waals surface area contributed by atoms with Gasteiger partial charge < -0.3 is 11.5 Å². The quantitative estimate of drug-likeness (QED) is 0.829. The van der Waals surface area contributed by atoms with Crippen molar-refractivity contribution in [2.45, 2.75) is 25.2 Å². The Kier molecular flexibility index (Phi) is 4.73. The van der Waals surface area contributed by atoms with Gasteiger partial charge in [-0.05, 0) is 17.2 Å². The Morgan fingerprint density at radius 1 is 0.864 bits per heavy atom. The molecule has 122 valence electrons. The SMILES string of the molecule is NC(=O)c1ccc(CC(F)(F)F)c(C(N)=O)c1CC(F)(F)F. The molecule has 0 atom stereocenters. The number of carbonyl (C=O) groups is 2. The number of amides is 2. The molecule has 0 aliphatic carbocycles. The number of rotatable bonds is 4. The van der Waals surface area contributed by atoms with E-state index in [9.17, 15) is 35.9 Å². The minimum Gasteiger partial charge on any atom is -0.366 e. The highest BCUT2D eigenvalue weighted by Crippen LogP contribution is 2.31. The predicted octanol–water partition coefficient (Wildman–Crippen LogP) is 2.09. The van der Waals surface area contributed by atoms with Crippen LogP contribution in [0.2, 0.25) is 0 Å². The molecule has 0 fully saturated rings. The Bertz CT molecular complexity index is 607. The largest absolute Gasteiger partial charge is 0.393 e. The summed E-state index contributed by atoms with van der Waals surface area (Å²) < 4.78 is 75.1. The second-order valence-corrected chi connectivity index (χ2v) is 4.44. The van der Waals surface area contributed by atoms with Gasteiger partial charge in [0.25, 0.3) is 0 Å². The van der Waals surface area contributed by atoms with Gasteiger partial charge in [-0.1, -0.05) is 6.07 Å². The first-order valence-corrected chi connectivity index (χ1v) is 5.69. The van der Waals surface area contributed by atoms with Gasteiger partial charge in [0.15, 0.2) is 0 Å². The van der Waals surface area contributed by atoms with E-state index in [2.05, 4.69) is 0 Å². The van der Waals surface area contributed by atoms with Crippen LogP contribution < -0.4 is 11.5 Å². The summed E-state index contributed by atoms with van der Waals surface area (Å²) in [5.41, 5.74) is 6.42. The molecule has 1 aromatic carbocycles. The maximum atomic E-state index is 12.6. The van der Waals surface area contributed by atoms with Gasteiger partial charge in [-0.3, -0.25) is 9.59 Å². The summed E-state index contributed by atoms with van der Waals surface area (Å²) in [5.74, 6) is -2.80. The lowest BCUT2D eigenvalue weighted by molar-refractivity contribution is -0.127. The number of hydrogen-bond donors (Lipinski definition) is 2. The molecule has 0 aromatic heterocycles. The van der Waals surface area contributed by atoms with Crippen molar-refractivity contribution in [3.8, 4) is 0 Å². The molecular formula is C12H10F6N2O2. The summed E-state index contributed by atoms with van der Waals surface area (Å²) in [6.07, 6.45) is -13.1. The summed E-state index contributed by atoms with van der Waals surface area (Å²) in [5, 5.41) is 0. The van der Waals surface area contributed by atoms with Gasteiger partial charge in [0, 0.05) is 11.1 Å². The summed E-state index contributed by atoms with van der Waals surface area (Å²) in [6, 6.07) is 1.43. The number of benzene rings is 1. The minimum atomic E-state index is -4.87. The first kappa shape index (κ1) is 17.8. The van der Waals surface area contributed by atoms with E-state index in [0.717, 1.165) is 6.07 Å². The van der Waals surface area contributed by atoms with Crippen molar-refractivity contribution in [3.63, 3.8) is 0 Å². The maximum Gasteiger partial charge on any atom is 0.393 e. The lowest BCUT2D eigenvalue weighted by Gasteiger charge is -2.17. The van der Waals surface area contributed by atoms with Crippen LogP contribution in [0.1, 0.15) is 31.8 Å². The standard InChI is InChI=1S/C12H10F6N2O2/c13-11(14,15)3-5-1-2-6(9(19)21)7(4-12(16,17)18)8(5)10(20)22/h1-2H,3-4H2,(H2,19,21)(H2,20,22). The van der Waals surface area contributed by atoms with Crippen LogP contribution in [0.15, 0.2) is 12.1 Å². The van der Waals surface area contributed by atoms with Crippen molar-refractivity contribution in [3.05, 3.63) is 34.4 Å². The fourth-order valence-corrected chi connectivity index (χ4v) is 1.98. The molecule has 22 heavy (non-hydrogen) atoms. The van der Waals surface area contributed by atoms with E-state index in [4.69, 9.17) is 11.5 Å². The number of primary amides is 2. The Balaban J connectivity index is 3.61. The summed E-state index contributed by atoms with van der Waals surface area (Å²) in [4.78, 5) is 22.5. The number of nitrogens with two attached hydrogens (primary N) is 2. The third-order valence-electron chi connectivity index (χ3n) is 2.68. The molecule has 0 spiro atoms. The van der Waals surface area contributed by atoms with Crippen LogP contribution in [0.5, 0.6) is 0 Å². The second-order valence-electron chi connectivity index (χ2n) is 4.44. The second kappa shape index (κ2) is 5.85. The van der Waals surface area contributed by atoms with Crippen molar-refractivity contribution < 1.29 is 35.9 Å². The molecule has 0 aliphatic rings. The lowest BCUT2D eigenvalue weighted by atomic mass is 9.91. The average Bonchev–Trinajstić information content (AvgIpc) is 2.23. The molecule has 0 saturated carbocycles. The van der Waals surface area contributed by atoms with Crippen molar-refractivity contribution in [1.29, 1.82) is 0 Å². The molecule has 0 radical (unpaired) electrons. The fraction of sp³-hybridized carbons (Fsp3) is 0.333. The van der Waals surface area contributed by atoms with Crippen molar-refractivity contribution in [2.75, 3.05) is 0 Å².